The van der Waals surface area contributed by atoms with E-state index in [9.17, 15) is 18.9 Å². The van der Waals surface area contributed by atoms with Gasteiger partial charge >= 0.3 is 13.6 Å². The lowest BCUT2D eigenvalue weighted by molar-refractivity contribution is -0.144. The normalized spacial score (nSPS) is 19.6. The van der Waals surface area contributed by atoms with E-state index in [0.717, 1.165) is 43.2 Å². The molecule has 254 valence electrons. The number of ether oxygens (including phenoxy) is 1. The maximum atomic E-state index is 14.5. The fourth-order valence-corrected chi connectivity index (χ4v) is 9.75. The predicted octanol–water partition coefficient (Wildman–Crippen LogP) is 6.94. The molecule has 1 N–H and O–H groups in total. The number of rotatable bonds is 12. The van der Waals surface area contributed by atoms with Gasteiger partial charge in [-0.25, -0.2) is 4.57 Å². The molecular weight excluding hydrogens is 627 g/mol. The van der Waals surface area contributed by atoms with Gasteiger partial charge in [0.15, 0.2) is 0 Å². The van der Waals surface area contributed by atoms with Gasteiger partial charge in [0.05, 0.1) is 17.7 Å². The second-order valence-corrected chi connectivity index (χ2v) is 15.5. The molecule has 2 amide bonds. The van der Waals surface area contributed by atoms with Crippen molar-refractivity contribution in [3.05, 3.63) is 95.1 Å². The maximum Gasteiger partial charge on any atom is 0.380 e. The summed E-state index contributed by atoms with van der Waals surface area (Å²) in [4.78, 5) is 42.9. The Kier molecular flexibility index (Phi) is 10.4. The molecule has 2 aliphatic carbocycles. The van der Waals surface area contributed by atoms with Gasteiger partial charge in [0.2, 0.25) is 11.8 Å². The number of esters is 1. The molecule has 1 aliphatic heterocycles. The van der Waals surface area contributed by atoms with Crippen LogP contribution in [-0.2, 0) is 54.1 Å². The summed E-state index contributed by atoms with van der Waals surface area (Å²) in [6, 6.07) is 21.8. The lowest BCUT2D eigenvalue weighted by Gasteiger charge is -2.34. The minimum absolute atomic E-state index is 0.0856. The highest BCUT2D eigenvalue weighted by Gasteiger charge is 2.50. The number of aryl methyl sites for hydroxylation is 3. The number of hydrogen-bond acceptors (Lipinski definition) is 7. The number of hydrogen-bond donors (Lipinski definition) is 1. The SMILES string of the molecule is CC(C)OP(=O)(CC1(C(=O)NC2CCc3ccccc3N(CC(=O)OCc3ccccc3)C2=O)CCCC1)Oc1ccc2c(c1)CCC2. The van der Waals surface area contributed by atoms with Crippen molar-refractivity contribution in [2.24, 2.45) is 5.41 Å². The minimum Gasteiger partial charge on any atom is -0.459 e. The standard InChI is InChI=1S/C38H45N2O7P/c1-27(2)46-48(44,47-32-19-17-29-14-10-15-31(29)23-32)26-38(21-8-9-22-38)37(43)39-33-20-18-30-13-6-7-16-34(30)40(36(33)42)24-35(41)45-25-28-11-4-3-5-12-28/h3-7,11-13,16-17,19,23,27,33H,8-10,14-15,18,20-22,24-26H2,1-2H3,(H,39,43). The van der Waals surface area contributed by atoms with Crippen LogP contribution in [-0.4, -0.2) is 42.6 Å². The van der Waals surface area contributed by atoms with Crippen LogP contribution in [0.15, 0.2) is 72.8 Å². The zero-order chi connectivity index (χ0) is 33.7. The summed E-state index contributed by atoms with van der Waals surface area (Å²) >= 11 is 0. The summed E-state index contributed by atoms with van der Waals surface area (Å²) < 4.78 is 32.2. The van der Waals surface area contributed by atoms with Gasteiger partial charge in [-0.2, -0.15) is 0 Å². The summed E-state index contributed by atoms with van der Waals surface area (Å²) in [5.74, 6) is -0.772. The fourth-order valence-electron chi connectivity index (χ4n) is 7.29. The van der Waals surface area contributed by atoms with Crippen molar-refractivity contribution in [2.75, 3.05) is 17.6 Å². The number of amides is 2. The van der Waals surface area contributed by atoms with E-state index in [4.69, 9.17) is 13.8 Å². The first-order valence-corrected chi connectivity index (χ1v) is 18.8. The Labute approximate surface area is 282 Å². The molecule has 10 heteroatoms. The van der Waals surface area contributed by atoms with Gasteiger partial charge in [-0.3, -0.25) is 23.8 Å². The van der Waals surface area contributed by atoms with E-state index >= 15 is 0 Å². The van der Waals surface area contributed by atoms with Crippen LogP contribution in [0.3, 0.4) is 0 Å². The quantitative estimate of drug-likeness (QED) is 0.164. The first-order valence-electron chi connectivity index (χ1n) is 17.1. The zero-order valence-electron chi connectivity index (χ0n) is 27.8. The van der Waals surface area contributed by atoms with E-state index in [-0.39, 0.29) is 37.2 Å². The Balaban J connectivity index is 1.20. The van der Waals surface area contributed by atoms with E-state index in [2.05, 4.69) is 5.32 Å². The number of nitrogens with zero attached hydrogens (tertiary/aromatic N) is 1. The summed E-state index contributed by atoms with van der Waals surface area (Å²) in [6.07, 6.45) is 6.08. The smallest absolute Gasteiger partial charge is 0.380 e. The lowest BCUT2D eigenvalue weighted by atomic mass is 9.87. The molecule has 48 heavy (non-hydrogen) atoms. The van der Waals surface area contributed by atoms with Gasteiger partial charge in [0.1, 0.15) is 24.9 Å². The third-order valence-electron chi connectivity index (χ3n) is 9.61. The first-order chi connectivity index (χ1) is 23.1. The van der Waals surface area contributed by atoms with E-state index in [1.54, 1.807) is 13.8 Å². The molecular formula is C38H45N2O7P. The topological polar surface area (TPSA) is 111 Å². The van der Waals surface area contributed by atoms with Crippen LogP contribution in [0.5, 0.6) is 5.75 Å². The number of carbonyl (C=O) groups excluding carboxylic acids is 3. The molecule has 1 heterocycles. The number of nitrogens with one attached hydrogen (secondary N) is 1. The number of anilines is 1. The number of carbonyl (C=O) groups is 3. The number of benzene rings is 3. The molecule has 1 saturated carbocycles. The molecule has 3 aromatic rings. The van der Waals surface area contributed by atoms with Crippen molar-refractivity contribution in [3.8, 4) is 5.75 Å². The first kappa shape index (κ1) is 33.9. The summed E-state index contributed by atoms with van der Waals surface area (Å²) in [5, 5.41) is 3.05. The third kappa shape index (κ3) is 7.85. The van der Waals surface area contributed by atoms with Crippen LogP contribution in [0.25, 0.3) is 0 Å². The molecule has 2 unspecified atom stereocenters. The van der Waals surface area contributed by atoms with Crippen molar-refractivity contribution >= 4 is 31.1 Å². The fraction of sp³-hybridized carbons (Fsp3) is 0.447. The van der Waals surface area contributed by atoms with Gasteiger partial charge in [-0.15, -0.1) is 0 Å². The monoisotopic (exact) mass is 672 g/mol. The maximum absolute atomic E-state index is 14.5. The molecule has 0 saturated heterocycles. The number of fused-ring (bicyclic) bond motifs is 2. The van der Waals surface area contributed by atoms with Crippen molar-refractivity contribution in [1.82, 2.24) is 5.32 Å². The Hall–Kier alpha value is -3.94. The molecule has 3 aliphatic rings. The highest BCUT2D eigenvalue weighted by atomic mass is 31.2. The Morgan fingerprint density at radius 3 is 2.42 bits per heavy atom. The van der Waals surface area contributed by atoms with Crippen LogP contribution in [0.2, 0.25) is 0 Å². The van der Waals surface area contributed by atoms with Crippen LogP contribution in [0.4, 0.5) is 5.69 Å². The second kappa shape index (κ2) is 14.7. The van der Waals surface area contributed by atoms with Gasteiger partial charge in [-0.05, 0) is 99.2 Å². The molecule has 0 bridgehead atoms. The van der Waals surface area contributed by atoms with Crippen LogP contribution in [0.1, 0.15) is 74.6 Å². The highest BCUT2D eigenvalue weighted by molar-refractivity contribution is 7.54. The molecule has 0 radical (unpaired) electrons. The second-order valence-electron chi connectivity index (χ2n) is 13.6. The molecule has 1 fully saturated rings. The highest BCUT2D eigenvalue weighted by Crippen LogP contribution is 2.57. The predicted molar refractivity (Wildman–Crippen MR) is 184 cm³/mol. The van der Waals surface area contributed by atoms with Gasteiger partial charge in [-0.1, -0.05) is 67.4 Å². The average Bonchev–Trinajstić information content (AvgIpc) is 3.72. The third-order valence-corrected chi connectivity index (χ3v) is 11.8. The molecule has 3 aromatic carbocycles. The van der Waals surface area contributed by atoms with Crippen molar-refractivity contribution in [1.29, 1.82) is 0 Å². The van der Waals surface area contributed by atoms with Crippen LogP contribution < -0.4 is 14.7 Å². The van der Waals surface area contributed by atoms with E-state index in [1.165, 1.54) is 16.0 Å². The number of para-hydroxylation sites is 1. The van der Waals surface area contributed by atoms with Crippen molar-refractivity contribution in [2.45, 2.75) is 90.4 Å². The van der Waals surface area contributed by atoms with Crippen LogP contribution >= 0.6 is 7.60 Å². The van der Waals surface area contributed by atoms with E-state index < -0.39 is 25.0 Å². The summed E-state index contributed by atoms with van der Waals surface area (Å²) in [7, 11) is -3.80. The Morgan fingerprint density at radius 1 is 0.917 bits per heavy atom. The molecule has 9 nitrogen and oxygen atoms in total. The Morgan fingerprint density at radius 2 is 1.65 bits per heavy atom. The molecule has 0 aromatic heterocycles. The Bertz CT molecular complexity index is 1690. The van der Waals surface area contributed by atoms with Gasteiger partial charge in [0.25, 0.3) is 0 Å². The van der Waals surface area contributed by atoms with E-state index in [0.29, 0.717) is 37.1 Å². The summed E-state index contributed by atoms with van der Waals surface area (Å²) in [6.45, 7) is 3.42. The molecule has 0 spiro atoms. The van der Waals surface area contributed by atoms with Gasteiger partial charge < -0.3 is 14.6 Å². The molecule has 6 rings (SSSR count). The molecule has 2 atom stereocenters. The largest absolute Gasteiger partial charge is 0.459 e. The van der Waals surface area contributed by atoms with E-state index in [1.807, 2.05) is 72.8 Å². The van der Waals surface area contributed by atoms with Crippen molar-refractivity contribution in [3.63, 3.8) is 0 Å². The minimum atomic E-state index is -3.80. The average molecular weight is 673 g/mol. The lowest BCUT2D eigenvalue weighted by Crippen LogP contribution is -2.53. The van der Waals surface area contributed by atoms with Gasteiger partial charge in [0, 0.05) is 5.69 Å². The summed E-state index contributed by atoms with van der Waals surface area (Å²) in [5.41, 5.74) is 3.83. The van der Waals surface area contributed by atoms with Crippen molar-refractivity contribution < 1.29 is 32.7 Å². The zero-order valence-corrected chi connectivity index (χ0v) is 28.7. The van der Waals surface area contributed by atoms with Crippen LogP contribution in [0, 0.1) is 5.41 Å².